The summed E-state index contributed by atoms with van der Waals surface area (Å²) in [5.74, 6) is 3.03. The minimum absolute atomic E-state index is 0.889. The Labute approximate surface area is 29.6 Å². The lowest BCUT2D eigenvalue weighted by Gasteiger charge is -1.43. The first-order valence-electron chi connectivity index (χ1n) is 1.49. The largest absolute Gasteiger partial charge is 0.152 e. The molecule has 1 rings (SSSR count). The van der Waals surface area contributed by atoms with Crippen molar-refractivity contribution in [1.82, 2.24) is 0 Å². The summed E-state index contributed by atoms with van der Waals surface area (Å²) in [6.07, 6.45) is 2.31. The van der Waals surface area contributed by atoms with Gasteiger partial charge in [0.05, 0.1) is 6.26 Å². The lowest BCUT2D eigenvalue weighted by molar-refractivity contribution is 1.75. The smallest absolute Gasteiger partial charge is 0.00600 e. The number of hydrogen-bond acceptors (Lipinski definition) is 0. The maximum atomic E-state index is 2.31. The summed E-state index contributed by atoms with van der Waals surface area (Å²) in [5.41, 5.74) is 0. The van der Waals surface area contributed by atoms with E-state index in [1.54, 1.807) is 0 Å². The predicted octanol–water partition coefficient (Wildman–Crippen LogP) is 0.248. The Morgan fingerprint density at radius 1 is 1.50 bits per heavy atom. The lowest BCUT2D eigenvalue weighted by atomic mass is 11.0. The molecule has 4 heavy (non-hydrogen) atoms. The summed E-state index contributed by atoms with van der Waals surface area (Å²) in [7, 11) is 0.889. The highest BCUT2D eigenvalue weighted by Gasteiger charge is 2.26. The Balaban J connectivity index is 2.17. The second-order valence-corrected chi connectivity index (χ2v) is 3.57. The summed E-state index contributed by atoms with van der Waals surface area (Å²) >= 11 is 0. The SMILES string of the molecule is C[S+]1CC1. The fraction of sp³-hybridized carbons (Fsp3) is 1.00. The molecule has 0 aromatic heterocycles. The van der Waals surface area contributed by atoms with Crippen LogP contribution in [-0.2, 0) is 10.9 Å². The van der Waals surface area contributed by atoms with Gasteiger partial charge in [-0.2, -0.15) is 0 Å². The Hall–Kier alpha value is 0.350. The average molecular weight is 75.2 g/mol. The molecule has 0 spiro atoms. The van der Waals surface area contributed by atoms with Crippen LogP contribution < -0.4 is 0 Å². The number of rotatable bonds is 0. The van der Waals surface area contributed by atoms with E-state index in [-0.39, 0.29) is 0 Å². The summed E-state index contributed by atoms with van der Waals surface area (Å²) in [6, 6.07) is 0. The van der Waals surface area contributed by atoms with Gasteiger partial charge in [-0.05, 0) is 10.9 Å². The van der Waals surface area contributed by atoms with Gasteiger partial charge < -0.3 is 0 Å². The van der Waals surface area contributed by atoms with Crippen LogP contribution in [0.1, 0.15) is 0 Å². The highest BCUT2D eigenvalue weighted by atomic mass is 32.2. The van der Waals surface area contributed by atoms with Crippen molar-refractivity contribution in [1.29, 1.82) is 0 Å². The molecule has 0 unspecified atom stereocenters. The third-order valence-corrected chi connectivity index (χ3v) is 1.84. The van der Waals surface area contributed by atoms with Crippen LogP contribution in [0.2, 0.25) is 0 Å². The molecule has 0 nitrogen and oxygen atoms in total. The van der Waals surface area contributed by atoms with Crippen molar-refractivity contribution in [3.8, 4) is 0 Å². The van der Waals surface area contributed by atoms with Gasteiger partial charge in [0.2, 0.25) is 0 Å². The van der Waals surface area contributed by atoms with Gasteiger partial charge in [0.15, 0.2) is 11.5 Å². The van der Waals surface area contributed by atoms with Crippen LogP contribution in [0.4, 0.5) is 0 Å². The van der Waals surface area contributed by atoms with E-state index >= 15 is 0 Å². The van der Waals surface area contributed by atoms with Gasteiger partial charge in [-0.25, -0.2) is 0 Å². The molecule has 0 saturated carbocycles. The summed E-state index contributed by atoms with van der Waals surface area (Å²) in [5, 5.41) is 0. The second kappa shape index (κ2) is 0.646. The molecule has 0 atom stereocenters. The maximum Gasteiger partial charge on any atom is 0.152 e. The minimum Gasteiger partial charge on any atom is -0.00600 e. The van der Waals surface area contributed by atoms with Gasteiger partial charge in [-0.3, -0.25) is 0 Å². The molecule has 1 fully saturated rings. The molecule has 1 saturated heterocycles. The topological polar surface area (TPSA) is 0 Å². The van der Waals surface area contributed by atoms with Crippen LogP contribution in [0.15, 0.2) is 0 Å². The highest BCUT2D eigenvalue weighted by Crippen LogP contribution is 2.05. The van der Waals surface area contributed by atoms with Crippen LogP contribution in [0.3, 0.4) is 0 Å². The average Bonchev–Trinajstić information content (AvgIpc) is 1.75. The van der Waals surface area contributed by atoms with Crippen LogP contribution in [-0.4, -0.2) is 17.8 Å². The van der Waals surface area contributed by atoms with Gasteiger partial charge in [0.25, 0.3) is 0 Å². The molecule has 0 aliphatic carbocycles. The van der Waals surface area contributed by atoms with Gasteiger partial charge in [0.1, 0.15) is 0 Å². The van der Waals surface area contributed by atoms with E-state index in [0.29, 0.717) is 0 Å². The van der Waals surface area contributed by atoms with E-state index in [9.17, 15) is 0 Å². The van der Waals surface area contributed by atoms with Crippen molar-refractivity contribution in [3.05, 3.63) is 0 Å². The first-order chi connectivity index (χ1) is 1.89. The predicted molar refractivity (Wildman–Crippen MR) is 23.0 cm³/mol. The van der Waals surface area contributed by atoms with Crippen molar-refractivity contribution in [2.24, 2.45) is 0 Å². The normalized spacial score (nSPS) is 26.2. The monoisotopic (exact) mass is 75.0 g/mol. The lowest BCUT2D eigenvalue weighted by Crippen LogP contribution is -1.57. The third kappa shape index (κ3) is 0.382. The quantitative estimate of drug-likeness (QED) is 0.286. The van der Waals surface area contributed by atoms with Gasteiger partial charge >= 0.3 is 0 Å². The van der Waals surface area contributed by atoms with Crippen LogP contribution in [0.25, 0.3) is 0 Å². The first-order valence-corrected chi connectivity index (χ1v) is 3.46. The first kappa shape index (κ1) is 2.58. The molecule has 0 bridgehead atoms. The summed E-state index contributed by atoms with van der Waals surface area (Å²) in [6.45, 7) is 0. The second-order valence-electron chi connectivity index (χ2n) is 1.19. The fourth-order valence-corrected chi connectivity index (χ4v) is 0.750. The molecule has 0 aromatic rings. The van der Waals surface area contributed by atoms with E-state index in [1.165, 1.54) is 11.5 Å². The minimum atomic E-state index is 0.889. The molecule has 24 valence electrons. The summed E-state index contributed by atoms with van der Waals surface area (Å²) in [4.78, 5) is 0. The Bertz CT molecular complexity index is 22.5. The molecular weight excluding hydrogens is 68.1 g/mol. The zero-order chi connectivity index (χ0) is 2.99. The zero-order valence-electron chi connectivity index (χ0n) is 2.82. The molecule has 1 heterocycles. The maximum absolute atomic E-state index is 2.31. The Kier molecular flexibility index (Phi) is 0.417. The molecular formula is C3H7S+. The standard InChI is InChI=1S/C3H7S/c1-4-2-3-4/h2-3H2,1H3/q+1. The summed E-state index contributed by atoms with van der Waals surface area (Å²) < 4.78 is 0. The van der Waals surface area contributed by atoms with E-state index in [1.807, 2.05) is 0 Å². The molecule has 1 aliphatic heterocycles. The van der Waals surface area contributed by atoms with Gasteiger partial charge in [-0.15, -0.1) is 0 Å². The molecule has 0 amide bonds. The molecule has 0 aromatic carbocycles. The van der Waals surface area contributed by atoms with Crippen LogP contribution in [0.5, 0.6) is 0 Å². The number of hydrogen-bond donors (Lipinski definition) is 0. The van der Waals surface area contributed by atoms with E-state index in [2.05, 4.69) is 6.26 Å². The highest BCUT2D eigenvalue weighted by molar-refractivity contribution is 8.02. The zero-order valence-corrected chi connectivity index (χ0v) is 3.64. The van der Waals surface area contributed by atoms with Crippen molar-refractivity contribution >= 4 is 10.9 Å². The molecule has 1 aliphatic rings. The van der Waals surface area contributed by atoms with Crippen molar-refractivity contribution < 1.29 is 0 Å². The van der Waals surface area contributed by atoms with Gasteiger partial charge in [-0.1, -0.05) is 0 Å². The third-order valence-electron chi connectivity index (χ3n) is 0.612. The van der Waals surface area contributed by atoms with Gasteiger partial charge in [0, 0.05) is 0 Å². The Morgan fingerprint density at radius 3 is 1.75 bits per heavy atom. The Morgan fingerprint density at radius 2 is 1.75 bits per heavy atom. The van der Waals surface area contributed by atoms with E-state index in [0.717, 1.165) is 10.9 Å². The van der Waals surface area contributed by atoms with E-state index in [4.69, 9.17) is 0 Å². The van der Waals surface area contributed by atoms with Crippen LogP contribution in [0, 0.1) is 0 Å². The van der Waals surface area contributed by atoms with Crippen molar-refractivity contribution in [3.63, 3.8) is 0 Å². The van der Waals surface area contributed by atoms with Crippen LogP contribution >= 0.6 is 0 Å². The van der Waals surface area contributed by atoms with Crippen molar-refractivity contribution in [2.45, 2.75) is 0 Å². The fourth-order valence-electron chi connectivity index (χ4n) is 0.0833. The molecule has 1 heteroatoms. The van der Waals surface area contributed by atoms with Crippen molar-refractivity contribution in [2.75, 3.05) is 17.8 Å². The molecule has 0 radical (unpaired) electrons. The molecule has 0 N–H and O–H groups in total. The van der Waals surface area contributed by atoms with E-state index < -0.39 is 0 Å².